The van der Waals surface area contributed by atoms with Crippen LogP contribution < -0.4 is 5.46 Å². The van der Waals surface area contributed by atoms with Gasteiger partial charge in [0.05, 0.1) is 0 Å². The average Bonchev–Trinajstić information content (AvgIpc) is 3.30. The van der Waals surface area contributed by atoms with Crippen LogP contribution in [0.3, 0.4) is 0 Å². The van der Waals surface area contributed by atoms with E-state index < -0.39 is 7.12 Å². The van der Waals surface area contributed by atoms with Crippen LogP contribution in [0.25, 0.3) is 11.4 Å². The third-order valence-corrected chi connectivity index (χ3v) is 4.96. The van der Waals surface area contributed by atoms with Crippen LogP contribution in [0.15, 0.2) is 78.1 Å². The quantitative estimate of drug-likeness (QED) is 0.442. The molecule has 8 heteroatoms. The summed E-state index contributed by atoms with van der Waals surface area (Å²) < 4.78 is 4.78. The molecule has 0 radical (unpaired) electrons. The number of benzene rings is 2. The molecular weight excluding hydrogens is 443 g/mol. The van der Waals surface area contributed by atoms with E-state index in [1.54, 1.807) is 24.4 Å². The zero-order valence-corrected chi connectivity index (χ0v) is 19.2. The largest absolute Gasteiger partial charge is 0.488 e. The normalized spacial score (nSPS) is 9.83. The lowest BCUT2D eigenvalue weighted by Crippen LogP contribution is -2.29. The topological polar surface area (TPSA) is 76.1 Å². The Balaban J connectivity index is 0.000000168. The van der Waals surface area contributed by atoms with Crippen LogP contribution in [0.4, 0.5) is 0 Å². The molecule has 0 aliphatic heterocycles. The predicted molar refractivity (Wildman–Crippen MR) is 125 cm³/mol. The van der Waals surface area contributed by atoms with Gasteiger partial charge in [-0.15, -0.1) is 0 Å². The maximum absolute atomic E-state index is 8.70. The zero-order chi connectivity index (χ0) is 22.1. The van der Waals surface area contributed by atoms with Gasteiger partial charge in [-0.05, 0) is 41.3 Å². The van der Waals surface area contributed by atoms with Gasteiger partial charge in [-0.2, -0.15) is 0 Å². The zero-order valence-electron chi connectivity index (χ0n) is 17.6. The van der Waals surface area contributed by atoms with E-state index in [0.717, 1.165) is 16.1 Å². The van der Waals surface area contributed by atoms with Gasteiger partial charge in [-0.25, -0.2) is 9.97 Å². The summed E-state index contributed by atoms with van der Waals surface area (Å²) in [7, 11) is 2.58. The van der Waals surface area contributed by atoms with Gasteiger partial charge in [0.2, 0.25) is 0 Å². The standard InChI is InChI=1S/C11H12N2.C7H9BO2.C4H5BrN2/c1-9-4-3-5-10(8-9)11-12-6-7-13(11)2;1-6-3-2-4-7(5-6)8(9)10;1-7-3-2-6-4(7)5/h3-8H,1-2H3;2-5,9-10H,1H3;2-3H,1H3. The third-order valence-electron chi connectivity index (χ3n) is 4.20. The Morgan fingerprint density at radius 3 is 1.83 bits per heavy atom. The summed E-state index contributed by atoms with van der Waals surface area (Å²) in [4.78, 5) is 8.19. The van der Waals surface area contributed by atoms with Crippen molar-refractivity contribution in [1.82, 2.24) is 19.1 Å². The monoisotopic (exact) mass is 468 g/mol. The maximum atomic E-state index is 8.70. The molecular formula is C22H26BBrN4O2. The van der Waals surface area contributed by atoms with Crippen molar-refractivity contribution in [1.29, 1.82) is 0 Å². The fourth-order valence-electron chi connectivity index (χ4n) is 2.61. The van der Waals surface area contributed by atoms with Crippen LogP contribution in [0, 0.1) is 13.8 Å². The first-order valence-corrected chi connectivity index (χ1v) is 10.2. The molecule has 0 unspecified atom stereocenters. The maximum Gasteiger partial charge on any atom is 0.488 e. The number of aryl methyl sites for hydroxylation is 4. The number of hydrogen-bond acceptors (Lipinski definition) is 4. The molecule has 2 aromatic carbocycles. The number of halogens is 1. The Kier molecular flexibility index (Phi) is 9.04. The lowest BCUT2D eigenvalue weighted by molar-refractivity contribution is 0.425. The first kappa shape index (κ1) is 23.6. The van der Waals surface area contributed by atoms with E-state index in [1.807, 2.05) is 54.8 Å². The van der Waals surface area contributed by atoms with Crippen molar-refractivity contribution < 1.29 is 10.0 Å². The van der Waals surface area contributed by atoms with Crippen LogP contribution in [-0.2, 0) is 14.1 Å². The highest BCUT2D eigenvalue weighted by Gasteiger charge is 2.08. The highest BCUT2D eigenvalue weighted by Crippen LogP contribution is 2.17. The molecule has 30 heavy (non-hydrogen) atoms. The summed E-state index contributed by atoms with van der Waals surface area (Å²) in [5.74, 6) is 1.02. The summed E-state index contributed by atoms with van der Waals surface area (Å²) in [5, 5.41) is 17.4. The minimum Gasteiger partial charge on any atom is -0.423 e. The van der Waals surface area contributed by atoms with Gasteiger partial charge in [0, 0.05) is 44.4 Å². The molecule has 0 aliphatic rings. The summed E-state index contributed by atoms with van der Waals surface area (Å²) in [6.07, 6.45) is 7.39. The summed E-state index contributed by atoms with van der Waals surface area (Å²) in [6.45, 7) is 4.00. The molecule has 2 aromatic heterocycles. The molecule has 156 valence electrons. The molecule has 4 aromatic rings. The molecule has 0 bridgehead atoms. The van der Waals surface area contributed by atoms with Gasteiger partial charge >= 0.3 is 7.12 Å². The van der Waals surface area contributed by atoms with Gasteiger partial charge in [0.25, 0.3) is 0 Å². The number of imidazole rings is 2. The average molecular weight is 469 g/mol. The fourth-order valence-corrected chi connectivity index (χ4v) is 2.84. The van der Waals surface area contributed by atoms with Crippen LogP contribution >= 0.6 is 15.9 Å². The minimum absolute atomic E-state index is 0.542. The summed E-state index contributed by atoms with van der Waals surface area (Å²) in [5.41, 5.74) is 4.01. The van der Waals surface area contributed by atoms with Crippen LogP contribution in [-0.4, -0.2) is 36.3 Å². The number of rotatable bonds is 2. The van der Waals surface area contributed by atoms with Crippen molar-refractivity contribution in [3.05, 3.63) is 89.2 Å². The Morgan fingerprint density at radius 2 is 1.43 bits per heavy atom. The number of aromatic nitrogens is 4. The Bertz CT molecular complexity index is 1050. The fraction of sp³-hybridized carbons (Fsp3) is 0.182. The van der Waals surface area contributed by atoms with Crippen molar-refractivity contribution in [3.63, 3.8) is 0 Å². The SMILES string of the molecule is Cc1cccc(-c2nccn2C)c1.Cc1cccc(B(O)O)c1.Cn1ccnc1Br. The van der Waals surface area contributed by atoms with E-state index >= 15 is 0 Å². The second kappa shape index (κ2) is 11.5. The highest BCUT2D eigenvalue weighted by molar-refractivity contribution is 9.10. The Hall–Kier alpha value is -2.68. The van der Waals surface area contributed by atoms with E-state index in [2.05, 4.69) is 57.1 Å². The lowest BCUT2D eigenvalue weighted by atomic mass is 9.80. The molecule has 0 saturated heterocycles. The number of hydrogen-bond donors (Lipinski definition) is 2. The molecule has 0 aliphatic carbocycles. The van der Waals surface area contributed by atoms with Gasteiger partial charge in [0.1, 0.15) is 5.82 Å². The molecule has 0 atom stereocenters. The Morgan fingerprint density at radius 1 is 0.833 bits per heavy atom. The van der Waals surface area contributed by atoms with Crippen molar-refractivity contribution in [2.24, 2.45) is 14.1 Å². The predicted octanol–water partition coefficient (Wildman–Crippen LogP) is 3.25. The van der Waals surface area contributed by atoms with Gasteiger partial charge < -0.3 is 19.2 Å². The van der Waals surface area contributed by atoms with Crippen LogP contribution in [0.5, 0.6) is 0 Å². The smallest absolute Gasteiger partial charge is 0.423 e. The van der Waals surface area contributed by atoms with Gasteiger partial charge in [0.15, 0.2) is 4.73 Å². The van der Waals surface area contributed by atoms with Gasteiger partial charge in [-0.1, -0.05) is 53.6 Å². The number of nitrogens with zero attached hydrogens (tertiary/aromatic N) is 4. The molecule has 2 heterocycles. The molecule has 0 spiro atoms. The van der Waals surface area contributed by atoms with Crippen molar-refractivity contribution in [2.75, 3.05) is 0 Å². The molecule has 0 amide bonds. The van der Waals surface area contributed by atoms with Crippen molar-refractivity contribution >= 4 is 28.5 Å². The van der Waals surface area contributed by atoms with Crippen molar-refractivity contribution in [3.8, 4) is 11.4 Å². The Labute approximate surface area is 186 Å². The molecule has 0 fully saturated rings. The van der Waals surface area contributed by atoms with E-state index in [-0.39, 0.29) is 0 Å². The second-order valence-electron chi connectivity index (χ2n) is 6.83. The lowest BCUT2D eigenvalue weighted by Gasteiger charge is -2.01. The van der Waals surface area contributed by atoms with Crippen LogP contribution in [0.1, 0.15) is 11.1 Å². The van der Waals surface area contributed by atoms with Gasteiger partial charge in [-0.3, -0.25) is 0 Å². The molecule has 2 N–H and O–H groups in total. The van der Waals surface area contributed by atoms with E-state index in [0.29, 0.717) is 5.46 Å². The first-order valence-electron chi connectivity index (χ1n) is 9.38. The third kappa shape index (κ3) is 7.29. The first-order chi connectivity index (χ1) is 14.3. The van der Waals surface area contributed by atoms with E-state index in [1.165, 1.54) is 11.1 Å². The molecule has 4 rings (SSSR count). The van der Waals surface area contributed by atoms with E-state index in [4.69, 9.17) is 10.0 Å². The summed E-state index contributed by atoms with van der Waals surface area (Å²) in [6, 6.07) is 15.5. The molecule has 6 nitrogen and oxygen atoms in total. The highest BCUT2D eigenvalue weighted by atomic mass is 79.9. The van der Waals surface area contributed by atoms with Crippen molar-refractivity contribution in [2.45, 2.75) is 13.8 Å². The summed E-state index contributed by atoms with van der Waals surface area (Å²) >= 11 is 3.22. The second-order valence-corrected chi connectivity index (χ2v) is 7.54. The molecule has 0 saturated carbocycles. The minimum atomic E-state index is -1.35. The van der Waals surface area contributed by atoms with Crippen LogP contribution in [0.2, 0.25) is 0 Å². The van der Waals surface area contributed by atoms with E-state index in [9.17, 15) is 0 Å².